The maximum absolute atomic E-state index is 11.4. The molecule has 1 aromatic rings. The van der Waals surface area contributed by atoms with Gasteiger partial charge in [0.1, 0.15) is 0 Å². The first-order valence-electron chi connectivity index (χ1n) is 5.23. The van der Waals surface area contributed by atoms with Gasteiger partial charge in [-0.2, -0.15) is 0 Å². The van der Waals surface area contributed by atoms with Crippen LogP contribution in [-0.4, -0.2) is 11.8 Å². The number of rotatable bonds is 2. The smallest absolute Gasteiger partial charge is 0.254 e. The fourth-order valence-corrected chi connectivity index (χ4v) is 1.84. The Morgan fingerprint density at radius 2 is 1.94 bits per heavy atom. The third kappa shape index (κ3) is 2.19. The third-order valence-electron chi connectivity index (χ3n) is 2.69. The molecular weight excluding hydrogens is 202 g/mol. The quantitative estimate of drug-likeness (QED) is 0.601. The normalized spacial score (nSPS) is 18.6. The summed E-state index contributed by atoms with van der Waals surface area (Å²) in [6, 6.07) is 9.91. The van der Waals surface area contributed by atoms with E-state index in [1.54, 1.807) is 0 Å². The standard InChI is InChI=1S/C13H13NO2/c1-9(7-10-5-3-2-4-6-10)11-8-12(15)14-13(11)16/h2-6H,7-8H2,1H3,(H,14,15,16). The SMILES string of the molecule is CC(Cc1ccccc1)=C1CC(=O)NC1=O. The highest BCUT2D eigenvalue weighted by atomic mass is 16.2. The Morgan fingerprint density at radius 1 is 1.25 bits per heavy atom. The molecule has 1 fully saturated rings. The summed E-state index contributed by atoms with van der Waals surface area (Å²) in [5.74, 6) is -0.439. The van der Waals surface area contributed by atoms with Crippen molar-refractivity contribution in [1.82, 2.24) is 5.32 Å². The molecule has 2 rings (SSSR count). The van der Waals surface area contributed by atoms with Crippen LogP contribution in [0.5, 0.6) is 0 Å². The van der Waals surface area contributed by atoms with E-state index in [1.165, 1.54) is 0 Å². The molecule has 0 atom stereocenters. The zero-order valence-corrected chi connectivity index (χ0v) is 9.12. The fraction of sp³-hybridized carbons (Fsp3) is 0.231. The predicted molar refractivity (Wildman–Crippen MR) is 60.6 cm³/mol. The van der Waals surface area contributed by atoms with Gasteiger partial charge < -0.3 is 0 Å². The van der Waals surface area contributed by atoms with Crippen LogP contribution >= 0.6 is 0 Å². The topological polar surface area (TPSA) is 46.2 Å². The van der Waals surface area contributed by atoms with E-state index in [2.05, 4.69) is 5.32 Å². The molecule has 1 aliphatic rings. The average Bonchev–Trinajstić information content (AvgIpc) is 2.59. The molecule has 0 unspecified atom stereocenters. The van der Waals surface area contributed by atoms with Crippen LogP contribution in [0.4, 0.5) is 0 Å². The Balaban J connectivity index is 2.19. The number of imide groups is 1. The summed E-state index contributed by atoms with van der Waals surface area (Å²) >= 11 is 0. The maximum atomic E-state index is 11.4. The van der Waals surface area contributed by atoms with Crippen LogP contribution < -0.4 is 5.32 Å². The van der Waals surface area contributed by atoms with Gasteiger partial charge in [-0.3, -0.25) is 14.9 Å². The van der Waals surface area contributed by atoms with Crippen LogP contribution in [0.3, 0.4) is 0 Å². The molecule has 1 N–H and O–H groups in total. The lowest BCUT2D eigenvalue weighted by Gasteiger charge is -2.03. The molecule has 0 aromatic heterocycles. The van der Waals surface area contributed by atoms with Gasteiger partial charge >= 0.3 is 0 Å². The van der Waals surface area contributed by atoms with Gasteiger partial charge in [-0.05, 0) is 18.9 Å². The maximum Gasteiger partial charge on any atom is 0.254 e. The number of carbonyl (C=O) groups excluding carboxylic acids is 2. The number of allylic oxidation sites excluding steroid dienone is 1. The molecule has 1 heterocycles. The Morgan fingerprint density at radius 3 is 2.50 bits per heavy atom. The van der Waals surface area contributed by atoms with Crippen molar-refractivity contribution in [2.45, 2.75) is 19.8 Å². The van der Waals surface area contributed by atoms with Crippen LogP contribution in [0.15, 0.2) is 41.5 Å². The summed E-state index contributed by atoms with van der Waals surface area (Å²) in [5, 5.41) is 2.30. The predicted octanol–water partition coefficient (Wildman–Crippen LogP) is 1.59. The monoisotopic (exact) mass is 215 g/mol. The van der Waals surface area contributed by atoms with Crippen molar-refractivity contribution in [3.63, 3.8) is 0 Å². The molecule has 0 aliphatic carbocycles. The lowest BCUT2D eigenvalue weighted by Crippen LogP contribution is -2.19. The van der Waals surface area contributed by atoms with Gasteiger partial charge in [0.15, 0.2) is 0 Å². The van der Waals surface area contributed by atoms with E-state index >= 15 is 0 Å². The number of hydrogen-bond acceptors (Lipinski definition) is 2. The first-order valence-corrected chi connectivity index (χ1v) is 5.23. The summed E-state index contributed by atoms with van der Waals surface area (Å²) < 4.78 is 0. The minimum atomic E-state index is -0.238. The van der Waals surface area contributed by atoms with Gasteiger partial charge in [0.2, 0.25) is 5.91 Å². The van der Waals surface area contributed by atoms with E-state index in [0.29, 0.717) is 5.57 Å². The summed E-state index contributed by atoms with van der Waals surface area (Å²) in [5.41, 5.74) is 2.74. The van der Waals surface area contributed by atoms with Crippen molar-refractivity contribution in [3.8, 4) is 0 Å². The third-order valence-corrected chi connectivity index (χ3v) is 2.69. The van der Waals surface area contributed by atoms with Crippen molar-refractivity contribution in [1.29, 1.82) is 0 Å². The summed E-state index contributed by atoms with van der Waals surface area (Å²) in [7, 11) is 0. The molecule has 3 nitrogen and oxygen atoms in total. The zero-order chi connectivity index (χ0) is 11.5. The second-order valence-electron chi connectivity index (χ2n) is 3.98. The molecule has 1 saturated heterocycles. The number of carbonyl (C=O) groups is 2. The first kappa shape index (κ1) is 10.6. The molecule has 1 aliphatic heterocycles. The van der Waals surface area contributed by atoms with E-state index in [-0.39, 0.29) is 18.2 Å². The second kappa shape index (κ2) is 4.31. The molecular formula is C13H13NO2. The van der Waals surface area contributed by atoms with E-state index in [9.17, 15) is 9.59 Å². The van der Waals surface area contributed by atoms with Crippen molar-refractivity contribution in [3.05, 3.63) is 47.0 Å². The molecule has 16 heavy (non-hydrogen) atoms. The Kier molecular flexibility index (Phi) is 2.86. The van der Waals surface area contributed by atoms with Crippen molar-refractivity contribution >= 4 is 11.8 Å². The van der Waals surface area contributed by atoms with Gasteiger partial charge in [-0.25, -0.2) is 0 Å². The molecule has 0 spiro atoms. The highest BCUT2D eigenvalue weighted by Crippen LogP contribution is 2.18. The largest absolute Gasteiger partial charge is 0.292 e. The van der Waals surface area contributed by atoms with Gasteiger partial charge in [-0.1, -0.05) is 35.9 Å². The highest BCUT2D eigenvalue weighted by molar-refractivity contribution is 6.13. The zero-order valence-electron chi connectivity index (χ0n) is 9.12. The van der Waals surface area contributed by atoms with Crippen LogP contribution in [0.25, 0.3) is 0 Å². The summed E-state index contributed by atoms with van der Waals surface area (Å²) in [6.45, 7) is 1.90. The van der Waals surface area contributed by atoms with E-state index < -0.39 is 0 Å². The molecule has 3 heteroatoms. The Bertz CT molecular complexity index is 460. The van der Waals surface area contributed by atoms with Gasteiger partial charge in [0.25, 0.3) is 5.91 Å². The van der Waals surface area contributed by atoms with E-state index in [0.717, 1.165) is 17.6 Å². The Labute approximate surface area is 94.2 Å². The number of nitrogens with one attached hydrogen (secondary N) is 1. The van der Waals surface area contributed by atoms with Gasteiger partial charge in [0.05, 0.1) is 6.42 Å². The minimum Gasteiger partial charge on any atom is -0.292 e. The van der Waals surface area contributed by atoms with Crippen molar-refractivity contribution in [2.24, 2.45) is 0 Å². The van der Waals surface area contributed by atoms with Crippen LogP contribution in [0, 0.1) is 0 Å². The second-order valence-corrected chi connectivity index (χ2v) is 3.98. The lowest BCUT2D eigenvalue weighted by atomic mass is 10.0. The van der Waals surface area contributed by atoms with Crippen LogP contribution in [0.1, 0.15) is 18.9 Å². The lowest BCUT2D eigenvalue weighted by molar-refractivity contribution is -0.124. The molecule has 82 valence electrons. The molecule has 0 saturated carbocycles. The number of benzene rings is 1. The molecule has 0 radical (unpaired) electrons. The van der Waals surface area contributed by atoms with E-state index in [1.807, 2.05) is 37.3 Å². The number of amides is 2. The molecule has 2 amide bonds. The fourth-order valence-electron chi connectivity index (χ4n) is 1.84. The Hall–Kier alpha value is -1.90. The molecule has 1 aromatic carbocycles. The van der Waals surface area contributed by atoms with Gasteiger partial charge in [0, 0.05) is 5.57 Å². The highest BCUT2D eigenvalue weighted by Gasteiger charge is 2.25. The first-order chi connectivity index (χ1) is 7.66. The summed E-state index contributed by atoms with van der Waals surface area (Å²) in [4.78, 5) is 22.5. The van der Waals surface area contributed by atoms with E-state index in [4.69, 9.17) is 0 Å². The minimum absolute atomic E-state index is 0.201. The van der Waals surface area contributed by atoms with Crippen molar-refractivity contribution in [2.75, 3.05) is 0 Å². The van der Waals surface area contributed by atoms with Crippen molar-refractivity contribution < 1.29 is 9.59 Å². The average molecular weight is 215 g/mol. The van der Waals surface area contributed by atoms with Crippen LogP contribution in [0.2, 0.25) is 0 Å². The molecule has 0 bridgehead atoms. The van der Waals surface area contributed by atoms with Crippen LogP contribution in [-0.2, 0) is 16.0 Å². The van der Waals surface area contributed by atoms with Gasteiger partial charge in [-0.15, -0.1) is 0 Å². The number of hydrogen-bond donors (Lipinski definition) is 1. The summed E-state index contributed by atoms with van der Waals surface area (Å²) in [6.07, 6.45) is 0.939.